The summed E-state index contributed by atoms with van der Waals surface area (Å²) in [5, 5.41) is 18.8. The molecule has 2 aliphatic rings. The summed E-state index contributed by atoms with van der Waals surface area (Å²) in [5.41, 5.74) is 7.04. The molecule has 5 heteroatoms. The smallest absolute Gasteiger partial charge is 0.136 e. The maximum atomic E-state index is 9.60. The first-order chi connectivity index (χ1) is 11.7. The van der Waals surface area contributed by atoms with Crippen LogP contribution in [-0.4, -0.2) is 15.6 Å². The molecule has 2 N–H and O–H groups in total. The zero-order valence-electron chi connectivity index (χ0n) is 13.7. The Morgan fingerprint density at radius 3 is 2.67 bits per heavy atom. The lowest BCUT2D eigenvalue weighted by Crippen LogP contribution is -2.42. The molecule has 1 fully saturated rings. The highest BCUT2D eigenvalue weighted by Crippen LogP contribution is 2.49. The minimum atomic E-state index is -0.193. The molecule has 1 spiro atoms. The Morgan fingerprint density at radius 2 is 2.00 bits per heavy atom. The Labute approximate surface area is 141 Å². The standard InChI is InChI=1S/C19H20N4O/c1-23-14(12-20)6-8-17(23)13-5-7-16-15(11-13)19(18(21-16)22-24)9-3-2-4-10-19/h5-8,11,24H,2-4,9-10H2,1H3,(H,21,22). The van der Waals surface area contributed by atoms with Crippen molar-refractivity contribution in [3.8, 4) is 17.3 Å². The molecule has 2 heterocycles. The van der Waals surface area contributed by atoms with Crippen molar-refractivity contribution < 1.29 is 5.21 Å². The molecule has 2 aromatic rings. The molecule has 0 amide bonds. The van der Waals surface area contributed by atoms with E-state index in [0.717, 1.165) is 42.6 Å². The van der Waals surface area contributed by atoms with E-state index in [2.05, 4.69) is 22.6 Å². The van der Waals surface area contributed by atoms with Crippen molar-refractivity contribution in [1.82, 2.24) is 10.0 Å². The third-order valence-corrected chi connectivity index (χ3v) is 5.54. The summed E-state index contributed by atoms with van der Waals surface area (Å²) in [7, 11) is 1.91. The predicted molar refractivity (Wildman–Crippen MR) is 92.3 cm³/mol. The number of fused-ring (bicyclic) bond motifs is 2. The largest absolute Gasteiger partial charge is 0.335 e. The van der Waals surface area contributed by atoms with E-state index in [0.29, 0.717) is 11.5 Å². The summed E-state index contributed by atoms with van der Waals surface area (Å²) in [4.78, 5) is 4.62. The number of nitrogens with zero attached hydrogens (tertiary/aromatic N) is 3. The molecule has 0 atom stereocenters. The van der Waals surface area contributed by atoms with Crippen LogP contribution in [0.4, 0.5) is 5.69 Å². The predicted octanol–water partition coefficient (Wildman–Crippen LogP) is 3.79. The van der Waals surface area contributed by atoms with Crippen molar-refractivity contribution in [2.45, 2.75) is 37.5 Å². The van der Waals surface area contributed by atoms with Gasteiger partial charge in [0.1, 0.15) is 17.6 Å². The lowest BCUT2D eigenvalue weighted by atomic mass is 9.69. The minimum Gasteiger partial charge on any atom is -0.335 e. The van der Waals surface area contributed by atoms with Crippen molar-refractivity contribution >= 4 is 11.5 Å². The number of rotatable bonds is 1. The molecule has 122 valence electrons. The number of nitriles is 1. The quantitative estimate of drug-likeness (QED) is 0.785. The van der Waals surface area contributed by atoms with Crippen LogP contribution in [0.5, 0.6) is 0 Å². The molecule has 4 rings (SSSR count). The maximum Gasteiger partial charge on any atom is 0.136 e. The molecular weight excluding hydrogens is 300 g/mol. The summed E-state index contributed by atoms with van der Waals surface area (Å²) in [6.07, 6.45) is 5.54. The molecule has 1 aliphatic carbocycles. The zero-order valence-corrected chi connectivity index (χ0v) is 13.7. The second-order valence-electron chi connectivity index (χ2n) is 6.72. The van der Waals surface area contributed by atoms with Gasteiger partial charge in [0.2, 0.25) is 0 Å². The number of nitrogens with one attached hydrogen (secondary N) is 1. The van der Waals surface area contributed by atoms with E-state index in [-0.39, 0.29) is 5.41 Å². The number of hydroxylamine groups is 1. The second-order valence-corrected chi connectivity index (χ2v) is 6.72. The van der Waals surface area contributed by atoms with Gasteiger partial charge < -0.3 is 4.57 Å². The first-order valence-electron chi connectivity index (χ1n) is 8.39. The first-order valence-corrected chi connectivity index (χ1v) is 8.39. The fourth-order valence-electron chi connectivity index (χ4n) is 4.24. The van der Waals surface area contributed by atoms with Crippen LogP contribution in [-0.2, 0) is 12.5 Å². The SMILES string of the molecule is Cn1c(C#N)ccc1-c1ccc2c(c1)C1(CCCCC1)C(NO)=N2. The lowest BCUT2D eigenvalue weighted by molar-refractivity contribution is 0.218. The van der Waals surface area contributed by atoms with Gasteiger partial charge in [0.25, 0.3) is 0 Å². The monoisotopic (exact) mass is 320 g/mol. The van der Waals surface area contributed by atoms with Gasteiger partial charge in [-0.25, -0.2) is 4.99 Å². The molecule has 5 nitrogen and oxygen atoms in total. The van der Waals surface area contributed by atoms with Gasteiger partial charge in [-0.3, -0.25) is 10.7 Å². The maximum absolute atomic E-state index is 9.60. The highest BCUT2D eigenvalue weighted by Gasteiger charge is 2.44. The summed E-state index contributed by atoms with van der Waals surface area (Å²) < 4.78 is 1.91. The Hall–Kier alpha value is -2.58. The van der Waals surface area contributed by atoms with Crippen LogP contribution in [0.2, 0.25) is 0 Å². The molecule has 1 aromatic carbocycles. The number of hydrogen-bond acceptors (Lipinski definition) is 4. The van der Waals surface area contributed by atoms with E-state index in [1.807, 2.05) is 35.9 Å². The fourth-order valence-corrected chi connectivity index (χ4v) is 4.24. The van der Waals surface area contributed by atoms with Crippen molar-refractivity contribution in [1.29, 1.82) is 5.26 Å². The number of hydrogen-bond donors (Lipinski definition) is 2. The molecule has 1 aromatic heterocycles. The third-order valence-electron chi connectivity index (χ3n) is 5.54. The summed E-state index contributed by atoms with van der Waals surface area (Å²) in [6, 6.07) is 12.3. The first kappa shape index (κ1) is 15.0. The molecule has 0 bridgehead atoms. The van der Waals surface area contributed by atoms with Crippen molar-refractivity contribution in [3.05, 3.63) is 41.6 Å². The summed E-state index contributed by atoms with van der Waals surface area (Å²) in [6.45, 7) is 0. The van der Waals surface area contributed by atoms with E-state index >= 15 is 0 Å². The van der Waals surface area contributed by atoms with E-state index < -0.39 is 0 Å². The Morgan fingerprint density at radius 1 is 1.21 bits per heavy atom. The lowest BCUT2D eigenvalue weighted by Gasteiger charge is -2.35. The van der Waals surface area contributed by atoms with Crippen molar-refractivity contribution in [2.75, 3.05) is 0 Å². The van der Waals surface area contributed by atoms with Crippen molar-refractivity contribution in [2.24, 2.45) is 12.0 Å². The Balaban J connectivity index is 1.83. The van der Waals surface area contributed by atoms with Gasteiger partial charge >= 0.3 is 0 Å². The second kappa shape index (κ2) is 5.50. The van der Waals surface area contributed by atoms with E-state index in [1.165, 1.54) is 12.0 Å². The number of aromatic nitrogens is 1. The van der Waals surface area contributed by atoms with Crippen molar-refractivity contribution in [3.63, 3.8) is 0 Å². The Bertz CT molecular complexity index is 866. The van der Waals surface area contributed by atoms with Gasteiger partial charge in [0, 0.05) is 12.7 Å². The van der Waals surface area contributed by atoms with Gasteiger partial charge in [-0.1, -0.05) is 25.3 Å². The summed E-state index contributed by atoms with van der Waals surface area (Å²) in [5.74, 6) is 0.680. The normalized spacial score (nSPS) is 18.1. The zero-order chi connectivity index (χ0) is 16.7. The van der Waals surface area contributed by atoms with Gasteiger partial charge in [0.15, 0.2) is 0 Å². The van der Waals surface area contributed by atoms with E-state index in [9.17, 15) is 10.5 Å². The van der Waals surface area contributed by atoms with Gasteiger partial charge in [-0.15, -0.1) is 0 Å². The highest BCUT2D eigenvalue weighted by atomic mass is 16.5. The average molecular weight is 320 g/mol. The van der Waals surface area contributed by atoms with Crippen LogP contribution in [0.1, 0.15) is 43.4 Å². The molecule has 0 radical (unpaired) electrons. The van der Waals surface area contributed by atoms with E-state index in [4.69, 9.17) is 0 Å². The number of aliphatic imine (C=N–C) groups is 1. The fraction of sp³-hybridized carbons (Fsp3) is 0.368. The number of benzene rings is 1. The molecular formula is C19H20N4O. The molecule has 0 saturated heterocycles. The average Bonchev–Trinajstić information content (AvgIpc) is 3.13. The van der Waals surface area contributed by atoms with Crippen LogP contribution in [0.3, 0.4) is 0 Å². The van der Waals surface area contributed by atoms with Gasteiger partial charge in [-0.05, 0) is 48.2 Å². The topological polar surface area (TPSA) is 73.3 Å². The van der Waals surface area contributed by atoms with E-state index in [1.54, 1.807) is 0 Å². The minimum absolute atomic E-state index is 0.193. The van der Waals surface area contributed by atoms with Gasteiger partial charge in [0.05, 0.1) is 11.1 Å². The molecule has 0 unspecified atom stereocenters. The summed E-state index contributed by atoms with van der Waals surface area (Å²) >= 11 is 0. The molecule has 1 saturated carbocycles. The highest BCUT2D eigenvalue weighted by molar-refractivity contribution is 6.00. The number of amidine groups is 1. The molecule has 24 heavy (non-hydrogen) atoms. The van der Waals surface area contributed by atoms with Gasteiger partial charge in [-0.2, -0.15) is 5.26 Å². The van der Waals surface area contributed by atoms with Crippen LogP contribution >= 0.6 is 0 Å². The van der Waals surface area contributed by atoms with Crippen LogP contribution in [0.25, 0.3) is 11.3 Å². The Kier molecular flexibility index (Phi) is 3.43. The van der Waals surface area contributed by atoms with Crippen LogP contribution < -0.4 is 5.48 Å². The van der Waals surface area contributed by atoms with Crippen LogP contribution in [0.15, 0.2) is 35.3 Å². The third kappa shape index (κ3) is 2.00. The molecule has 1 aliphatic heterocycles. The van der Waals surface area contributed by atoms with Crippen LogP contribution in [0, 0.1) is 11.3 Å².